The lowest BCUT2D eigenvalue weighted by Gasteiger charge is -2.11. The highest BCUT2D eigenvalue weighted by molar-refractivity contribution is 7.98. The number of thiophene rings is 2. The molecule has 0 radical (unpaired) electrons. The van der Waals surface area contributed by atoms with E-state index in [-0.39, 0.29) is 4.90 Å². The van der Waals surface area contributed by atoms with E-state index < -0.39 is 90.4 Å². The van der Waals surface area contributed by atoms with Gasteiger partial charge in [-0.15, -0.1) is 11.8 Å². The molecule has 6 rings (SSSR count). The lowest BCUT2D eigenvalue weighted by molar-refractivity contribution is -0.140. The second kappa shape index (κ2) is 18.6. The Labute approximate surface area is 342 Å². The fourth-order valence-electron chi connectivity index (χ4n) is 4.71. The van der Waals surface area contributed by atoms with Crippen molar-refractivity contribution in [2.45, 2.75) is 33.2 Å². The molecule has 2 heterocycles. The first kappa shape index (κ1) is 50.4. The maximum absolute atomic E-state index is 13.3. The molecule has 2 atom stereocenters. The third kappa shape index (κ3) is 13.0. The zero-order chi connectivity index (χ0) is 45.9. The molecule has 0 amide bonds. The van der Waals surface area contributed by atoms with E-state index in [1.807, 2.05) is 71.4 Å². The van der Waals surface area contributed by atoms with Crippen molar-refractivity contribution in [2.75, 3.05) is 12.5 Å². The molecule has 8 nitrogen and oxygen atoms in total. The Balaban J connectivity index is 0.000000238. The van der Waals surface area contributed by atoms with Crippen molar-refractivity contribution in [1.29, 1.82) is 0 Å². The number of benzene rings is 4. The van der Waals surface area contributed by atoms with Crippen molar-refractivity contribution in [3.8, 4) is 9.79 Å². The molecule has 0 bridgehead atoms. The number of sulfone groups is 1. The van der Waals surface area contributed by atoms with Crippen LogP contribution in [0.25, 0.3) is 30.0 Å². The Morgan fingerprint density at radius 1 is 0.517 bits per heavy atom. The van der Waals surface area contributed by atoms with Gasteiger partial charge in [0.25, 0.3) is 0 Å². The van der Waals surface area contributed by atoms with E-state index in [4.69, 9.17) is 25.9 Å². The second-order valence-electron chi connectivity index (χ2n) is 11.4. The molecule has 26 heteroatoms. The largest absolute Gasteiger partial charge is 0.741 e. The molecule has 0 aliphatic heterocycles. The highest BCUT2D eigenvalue weighted by Crippen LogP contribution is 2.45. The zero-order valence-corrected chi connectivity index (χ0v) is 34.5. The molecule has 2 aromatic heterocycles. The highest BCUT2D eigenvalue weighted by Gasteiger charge is 2.39. The maximum atomic E-state index is 13.3. The lowest BCUT2D eigenvalue weighted by Crippen LogP contribution is -2.21. The van der Waals surface area contributed by atoms with E-state index >= 15 is 0 Å². The summed E-state index contributed by atoms with van der Waals surface area (Å²) in [6.07, 6.45) is -6.59. The van der Waals surface area contributed by atoms with E-state index in [0.29, 0.717) is 9.79 Å². The molecule has 0 N–H and O–H groups in total. The fraction of sp³-hybridized carbons (Fsp3) is 0.176. The van der Waals surface area contributed by atoms with Crippen molar-refractivity contribution in [1.82, 2.24) is 0 Å². The molecule has 0 spiro atoms. The Kier molecular flexibility index (Phi) is 15.6. The van der Waals surface area contributed by atoms with Crippen LogP contribution in [0.5, 0.6) is 0 Å². The van der Waals surface area contributed by atoms with Crippen LogP contribution in [0.15, 0.2) is 118 Å². The third-order valence-electron chi connectivity index (χ3n) is 7.29. The van der Waals surface area contributed by atoms with Crippen LogP contribution in [0, 0.1) is 0 Å². The Morgan fingerprint density at radius 3 is 1.20 bits per heavy atom. The summed E-state index contributed by atoms with van der Waals surface area (Å²) in [4.78, 5) is 0.743. The zero-order valence-electron chi connectivity index (χ0n) is 29.6. The van der Waals surface area contributed by atoms with Gasteiger partial charge in [-0.05, 0) is 54.8 Å². The smallest absolute Gasteiger partial charge is 0.485 e. The van der Waals surface area contributed by atoms with Gasteiger partial charge in [0.05, 0.1) is 16.0 Å². The van der Waals surface area contributed by atoms with Gasteiger partial charge in [-0.3, -0.25) is 0 Å². The summed E-state index contributed by atoms with van der Waals surface area (Å²) in [6.45, 7) is 0. The number of thioether (sulfide) groups is 1. The van der Waals surface area contributed by atoms with Gasteiger partial charge >= 0.3 is 23.4 Å². The predicted octanol–water partition coefficient (Wildman–Crippen LogP) is 11.4. The van der Waals surface area contributed by atoms with Crippen molar-refractivity contribution >= 4 is 82.9 Å². The fourth-order valence-corrected chi connectivity index (χ4v) is 10.0. The van der Waals surface area contributed by atoms with Crippen LogP contribution in [0.4, 0.5) is 52.7 Å². The monoisotopic (exact) mass is 980 g/mol. The molecular weight excluding hydrogens is 957 g/mol. The molecule has 0 aliphatic rings. The van der Waals surface area contributed by atoms with Gasteiger partial charge in [-0.1, -0.05) is 24.3 Å². The molecule has 0 aliphatic carbocycles. The summed E-state index contributed by atoms with van der Waals surface area (Å²) in [5, 5.41) is 5.89. The summed E-state index contributed by atoms with van der Waals surface area (Å²) in [5.41, 5.74) is -12.9. The van der Waals surface area contributed by atoms with Crippen LogP contribution in [0.3, 0.4) is 0 Å². The quantitative estimate of drug-likeness (QED) is 0.0553. The van der Waals surface area contributed by atoms with E-state index in [9.17, 15) is 61.1 Å². The standard InChI is InChI=1S/C16H12F3O2S2.C16H12F3S2.2CHF3O3S/c1-23(20,21)15-7-6-12(10-13(15)16(17,18)19)22-9-8-11-4-2-3-5-14(11)22;1-20-14-7-6-12(10-13(14)16(17,18)19)21-9-8-11-4-2-3-5-15(11)21;2*2-1(3,4)8(5,6)7/h2-10H,1H3;2-10H,1H3;2*(H,5,6,7)/q2*+1;;/p-2. The van der Waals surface area contributed by atoms with Crippen LogP contribution in [0.2, 0.25) is 0 Å². The number of halogens is 12. The second-order valence-corrected chi connectivity index (χ2v) is 20.7. The minimum absolute atomic E-state index is 0.270. The molecule has 0 saturated heterocycles. The molecule has 4 aromatic carbocycles. The summed E-state index contributed by atoms with van der Waals surface area (Å²) >= 11 is 1.12. The first-order chi connectivity index (χ1) is 27.2. The normalized spacial score (nSPS) is 13.4. The third-order valence-corrected chi connectivity index (χ3v) is 14.4. The molecule has 6 aromatic rings. The lowest BCUT2D eigenvalue weighted by atomic mass is 10.2. The first-order valence-corrected chi connectivity index (χ1v) is 23.9. The van der Waals surface area contributed by atoms with Gasteiger partial charge in [-0.25, -0.2) is 25.3 Å². The summed E-state index contributed by atoms with van der Waals surface area (Å²) < 4.78 is 222. The minimum atomic E-state index is -6.09. The topological polar surface area (TPSA) is 149 Å². The van der Waals surface area contributed by atoms with Crippen LogP contribution in [-0.2, 0) is 42.4 Å². The average molecular weight is 981 g/mol. The Bertz CT molecular complexity index is 2750. The van der Waals surface area contributed by atoms with E-state index in [0.717, 1.165) is 50.3 Å². The minimum Gasteiger partial charge on any atom is -0.741 e. The summed E-state index contributed by atoms with van der Waals surface area (Å²) in [7, 11) is -17.2. The maximum Gasteiger partial charge on any atom is 0.485 e. The molecule has 0 fully saturated rings. The average Bonchev–Trinajstić information content (AvgIpc) is 3.74. The van der Waals surface area contributed by atoms with Crippen LogP contribution >= 0.6 is 32.7 Å². The number of fused-ring (bicyclic) bond motifs is 2. The Morgan fingerprint density at radius 2 is 0.867 bits per heavy atom. The van der Waals surface area contributed by atoms with Crippen molar-refractivity contribution in [3.63, 3.8) is 0 Å². The summed E-state index contributed by atoms with van der Waals surface area (Å²) in [5.74, 6) is 0. The van der Waals surface area contributed by atoms with E-state index in [2.05, 4.69) is 0 Å². The van der Waals surface area contributed by atoms with Gasteiger partial charge in [0, 0.05) is 67.1 Å². The Hall–Kier alpha value is -3.92. The van der Waals surface area contributed by atoms with Gasteiger partial charge in [-0.2, -0.15) is 52.7 Å². The predicted molar refractivity (Wildman–Crippen MR) is 202 cm³/mol. The molecular formula is C34H24F12O8S6. The number of alkyl halides is 12. The number of hydrogen-bond acceptors (Lipinski definition) is 9. The van der Waals surface area contributed by atoms with E-state index in [1.54, 1.807) is 18.4 Å². The van der Waals surface area contributed by atoms with Crippen LogP contribution < -0.4 is 0 Å². The molecule has 0 saturated carbocycles. The van der Waals surface area contributed by atoms with Gasteiger partial charge < -0.3 is 9.11 Å². The molecule has 328 valence electrons. The van der Waals surface area contributed by atoms with Crippen LogP contribution in [0.1, 0.15) is 11.1 Å². The van der Waals surface area contributed by atoms with Gasteiger partial charge in [0.1, 0.15) is 10.8 Å². The van der Waals surface area contributed by atoms with Crippen molar-refractivity contribution in [3.05, 3.63) is 119 Å². The van der Waals surface area contributed by atoms with E-state index in [1.165, 1.54) is 12.1 Å². The van der Waals surface area contributed by atoms with Gasteiger partial charge in [0.2, 0.25) is 0 Å². The SMILES string of the molecule is CS(=O)(=O)c1ccc(-[s+]2ccc3ccccc32)cc1C(F)(F)F.CSc1ccc(-[s+]2ccc3ccccc32)cc1C(F)(F)F.O=S(=O)([O-])C(F)(F)F.O=S(=O)([O-])C(F)(F)F. The summed E-state index contributed by atoms with van der Waals surface area (Å²) in [6, 6.07) is 27.3. The van der Waals surface area contributed by atoms with Crippen LogP contribution in [-0.4, -0.2) is 57.9 Å². The van der Waals surface area contributed by atoms with Crippen molar-refractivity contribution in [2.24, 2.45) is 0 Å². The highest BCUT2D eigenvalue weighted by atomic mass is 32.2. The number of hydrogen-bond donors (Lipinski definition) is 0. The van der Waals surface area contributed by atoms with Gasteiger partial charge in [0.15, 0.2) is 49.3 Å². The molecule has 2 unspecified atom stereocenters. The molecule has 60 heavy (non-hydrogen) atoms. The van der Waals surface area contributed by atoms with Crippen molar-refractivity contribution < 1.29 is 87.0 Å². The number of rotatable bonds is 4. The first-order valence-electron chi connectivity index (χ1n) is 15.4.